The van der Waals surface area contributed by atoms with E-state index in [1.165, 1.54) is 32.3 Å². The van der Waals surface area contributed by atoms with Gasteiger partial charge < -0.3 is 0 Å². The zero-order valence-corrected chi connectivity index (χ0v) is 15.8. The van der Waals surface area contributed by atoms with Gasteiger partial charge in [0.05, 0.1) is 17.2 Å². The molecule has 6 aromatic rings. The van der Waals surface area contributed by atoms with E-state index >= 15 is 0 Å². The second kappa shape index (κ2) is 6.32. The molecule has 1 heterocycles. The van der Waals surface area contributed by atoms with Crippen molar-refractivity contribution < 1.29 is 0 Å². The minimum absolute atomic E-state index is 1.12. The zero-order chi connectivity index (χ0) is 19.2. The smallest absolute Gasteiger partial charge is 0.0732 e. The van der Waals surface area contributed by atoms with Crippen molar-refractivity contribution in [2.45, 2.75) is 0 Å². The standard InChI is InChI=1S/C27H18N2/c1-2-9-20-17-25-21(16-19(20)8-1)10-7-11-22(25)18-28-29-26-14-5-3-12-23(26)24-13-4-6-15-27(24)29/h1-18H/b28-18-. The van der Waals surface area contributed by atoms with Gasteiger partial charge in [0.15, 0.2) is 0 Å². The maximum atomic E-state index is 4.91. The van der Waals surface area contributed by atoms with Crippen LogP contribution in [0.25, 0.3) is 43.4 Å². The molecule has 1 aromatic heterocycles. The Morgan fingerprint density at radius 1 is 0.517 bits per heavy atom. The Hall–Kier alpha value is -3.91. The van der Waals surface area contributed by atoms with E-state index in [1.807, 2.05) is 10.9 Å². The maximum absolute atomic E-state index is 4.91. The Balaban J connectivity index is 1.57. The fourth-order valence-electron chi connectivity index (χ4n) is 4.25. The first-order chi connectivity index (χ1) is 14.4. The van der Waals surface area contributed by atoms with E-state index in [-0.39, 0.29) is 0 Å². The van der Waals surface area contributed by atoms with Crippen LogP contribution in [0.2, 0.25) is 0 Å². The monoisotopic (exact) mass is 370 g/mol. The molecule has 0 spiro atoms. The Morgan fingerprint density at radius 3 is 1.83 bits per heavy atom. The number of hydrogen-bond acceptors (Lipinski definition) is 1. The minimum Gasteiger partial charge on any atom is -0.232 e. The molecule has 0 radical (unpaired) electrons. The van der Waals surface area contributed by atoms with Crippen LogP contribution < -0.4 is 0 Å². The topological polar surface area (TPSA) is 17.3 Å². The molecule has 136 valence electrons. The highest BCUT2D eigenvalue weighted by atomic mass is 15.3. The van der Waals surface area contributed by atoms with Gasteiger partial charge in [-0.2, -0.15) is 5.10 Å². The summed E-state index contributed by atoms with van der Waals surface area (Å²) in [6.45, 7) is 0. The molecule has 0 atom stereocenters. The predicted octanol–water partition coefficient (Wildman–Crippen LogP) is 6.98. The van der Waals surface area contributed by atoms with E-state index in [2.05, 4.69) is 103 Å². The second-order valence-electron chi connectivity index (χ2n) is 7.36. The molecule has 0 fully saturated rings. The zero-order valence-electron chi connectivity index (χ0n) is 15.8. The maximum Gasteiger partial charge on any atom is 0.0732 e. The van der Waals surface area contributed by atoms with Gasteiger partial charge in [0.25, 0.3) is 0 Å². The molecule has 0 saturated heterocycles. The summed E-state index contributed by atoms with van der Waals surface area (Å²) in [4.78, 5) is 0. The van der Waals surface area contributed by atoms with E-state index in [9.17, 15) is 0 Å². The van der Waals surface area contributed by atoms with Crippen LogP contribution in [0.15, 0.2) is 108 Å². The van der Waals surface area contributed by atoms with Crippen molar-refractivity contribution in [1.82, 2.24) is 4.68 Å². The van der Waals surface area contributed by atoms with Crippen molar-refractivity contribution in [3.8, 4) is 0 Å². The molecular formula is C27H18N2. The van der Waals surface area contributed by atoms with Crippen LogP contribution in [-0.2, 0) is 0 Å². The van der Waals surface area contributed by atoms with Gasteiger partial charge in [-0.05, 0) is 45.8 Å². The lowest BCUT2D eigenvalue weighted by atomic mass is 10.0. The summed E-state index contributed by atoms with van der Waals surface area (Å²) >= 11 is 0. The van der Waals surface area contributed by atoms with E-state index in [1.54, 1.807) is 0 Å². The van der Waals surface area contributed by atoms with Crippen molar-refractivity contribution in [1.29, 1.82) is 0 Å². The molecular weight excluding hydrogens is 352 g/mol. The summed E-state index contributed by atoms with van der Waals surface area (Å²) in [6, 6.07) is 36.3. The molecule has 2 nitrogen and oxygen atoms in total. The van der Waals surface area contributed by atoms with Gasteiger partial charge in [0.1, 0.15) is 0 Å². The molecule has 6 rings (SSSR count). The summed E-state index contributed by atoms with van der Waals surface area (Å²) in [5.74, 6) is 0. The van der Waals surface area contributed by atoms with Gasteiger partial charge in [-0.3, -0.25) is 0 Å². The van der Waals surface area contributed by atoms with Crippen LogP contribution in [0, 0.1) is 0 Å². The number of fused-ring (bicyclic) bond motifs is 5. The third-order valence-corrected chi connectivity index (χ3v) is 5.65. The summed E-state index contributed by atoms with van der Waals surface area (Å²) in [5.41, 5.74) is 3.36. The molecule has 2 heteroatoms. The highest BCUT2D eigenvalue weighted by molar-refractivity contribution is 6.09. The number of para-hydroxylation sites is 2. The Kier molecular flexibility index (Phi) is 3.50. The average molecular weight is 370 g/mol. The molecule has 0 unspecified atom stereocenters. The highest BCUT2D eigenvalue weighted by Crippen LogP contribution is 2.29. The normalized spacial score (nSPS) is 12.0. The Labute approximate surface area is 168 Å². The number of benzene rings is 5. The van der Waals surface area contributed by atoms with Gasteiger partial charge in [-0.15, -0.1) is 0 Å². The van der Waals surface area contributed by atoms with Crippen LogP contribution in [-0.4, -0.2) is 10.9 Å². The van der Waals surface area contributed by atoms with E-state index in [4.69, 9.17) is 5.10 Å². The van der Waals surface area contributed by atoms with Gasteiger partial charge in [0, 0.05) is 16.3 Å². The van der Waals surface area contributed by atoms with E-state index < -0.39 is 0 Å². The number of hydrogen-bond donors (Lipinski definition) is 0. The lowest BCUT2D eigenvalue weighted by Crippen LogP contribution is -1.92. The van der Waals surface area contributed by atoms with Crippen molar-refractivity contribution in [2.75, 3.05) is 0 Å². The highest BCUT2D eigenvalue weighted by Gasteiger charge is 2.08. The van der Waals surface area contributed by atoms with Crippen molar-refractivity contribution in [2.24, 2.45) is 5.10 Å². The SMILES string of the molecule is C(=N/n1c2ccccc2c2ccccc21)/c1cccc2cc3ccccc3cc12. The Morgan fingerprint density at radius 2 is 1.10 bits per heavy atom. The van der Waals surface area contributed by atoms with Crippen LogP contribution in [0.3, 0.4) is 0 Å². The largest absolute Gasteiger partial charge is 0.232 e. The van der Waals surface area contributed by atoms with Crippen molar-refractivity contribution >= 4 is 49.6 Å². The molecule has 0 aliphatic rings. The third-order valence-electron chi connectivity index (χ3n) is 5.65. The molecule has 29 heavy (non-hydrogen) atoms. The minimum atomic E-state index is 1.12. The summed E-state index contributed by atoms with van der Waals surface area (Å²) in [6.07, 6.45) is 1.98. The van der Waals surface area contributed by atoms with Crippen molar-refractivity contribution in [3.05, 3.63) is 109 Å². The molecule has 0 saturated carbocycles. The number of nitrogens with zero attached hydrogens (tertiary/aromatic N) is 2. The quantitative estimate of drug-likeness (QED) is 0.231. The van der Waals surface area contributed by atoms with E-state index in [0.717, 1.165) is 16.6 Å². The van der Waals surface area contributed by atoms with Crippen molar-refractivity contribution in [3.63, 3.8) is 0 Å². The lowest BCUT2D eigenvalue weighted by Gasteiger charge is -2.06. The first-order valence-electron chi connectivity index (χ1n) is 9.82. The van der Waals surface area contributed by atoms with Gasteiger partial charge >= 0.3 is 0 Å². The van der Waals surface area contributed by atoms with E-state index in [0.29, 0.717) is 0 Å². The molecule has 0 aliphatic heterocycles. The predicted molar refractivity (Wildman–Crippen MR) is 124 cm³/mol. The van der Waals surface area contributed by atoms with Crippen LogP contribution in [0.1, 0.15) is 5.56 Å². The average Bonchev–Trinajstić information content (AvgIpc) is 3.10. The van der Waals surface area contributed by atoms with Crippen LogP contribution >= 0.6 is 0 Å². The summed E-state index contributed by atoms with van der Waals surface area (Å²) in [5, 5.41) is 12.3. The molecule has 5 aromatic carbocycles. The first kappa shape index (κ1) is 16.1. The number of rotatable bonds is 2. The molecule has 0 aliphatic carbocycles. The Bertz CT molecular complexity index is 1500. The lowest BCUT2D eigenvalue weighted by molar-refractivity contribution is 0.975. The fraction of sp³-hybridized carbons (Fsp3) is 0. The third kappa shape index (κ3) is 2.54. The molecule has 0 amide bonds. The summed E-state index contributed by atoms with van der Waals surface area (Å²) in [7, 11) is 0. The summed E-state index contributed by atoms with van der Waals surface area (Å²) < 4.78 is 2.05. The number of aromatic nitrogens is 1. The van der Waals surface area contributed by atoms with Crippen LogP contribution in [0.5, 0.6) is 0 Å². The fourth-order valence-corrected chi connectivity index (χ4v) is 4.25. The van der Waals surface area contributed by atoms with Gasteiger partial charge in [0.2, 0.25) is 0 Å². The van der Waals surface area contributed by atoms with Gasteiger partial charge in [-0.1, -0.05) is 78.9 Å². The van der Waals surface area contributed by atoms with Crippen LogP contribution in [0.4, 0.5) is 0 Å². The molecule has 0 N–H and O–H groups in total. The second-order valence-corrected chi connectivity index (χ2v) is 7.36. The molecule has 0 bridgehead atoms. The first-order valence-corrected chi connectivity index (χ1v) is 9.82. The van der Waals surface area contributed by atoms with Gasteiger partial charge in [-0.25, -0.2) is 4.68 Å².